The monoisotopic (exact) mass is 231 g/mol. The molecule has 0 N–H and O–H groups in total. The molecule has 17 heavy (non-hydrogen) atoms. The Morgan fingerprint density at radius 2 is 1.71 bits per heavy atom. The topological polar surface area (TPSA) is 46.6 Å². The van der Waals surface area contributed by atoms with Crippen LogP contribution in [0.4, 0.5) is 0 Å². The van der Waals surface area contributed by atoms with Crippen LogP contribution in [0.2, 0.25) is 0 Å². The maximum Gasteiger partial charge on any atom is 0.261 e. The summed E-state index contributed by atoms with van der Waals surface area (Å²) in [6.45, 7) is 3.06. The summed E-state index contributed by atoms with van der Waals surface area (Å²) in [5.41, 5.74) is 1.02. The number of benzene rings is 1. The number of carbonyl (C=O) groups is 2. The van der Waals surface area contributed by atoms with Crippen molar-refractivity contribution in [2.75, 3.05) is 13.2 Å². The third-order valence-corrected chi connectivity index (χ3v) is 3.48. The van der Waals surface area contributed by atoms with Gasteiger partial charge >= 0.3 is 0 Å². The molecule has 0 unspecified atom stereocenters. The molecule has 2 heterocycles. The summed E-state index contributed by atoms with van der Waals surface area (Å²) in [5, 5.41) is 0. The molecule has 0 aromatic heterocycles. The fourth-order valence-corrected chi connectivity index (χ4v) is 2.49. The van der Waals surface area contributed by atoms with E-state index in [9.17, 15) is 9.59 Å². The van der Waals surface area contributed by atoms with E-state index >= 15 is 0 Å². The van der Waals surface area contributed by atoms with E-state index in [-0.39, 0.29) is 23.8 Å². The van der Waals surface area contributed by atoms with Crippen molar-refractivity contribution in [2.24, 2.45) is 5.92 Å². The summed E-state index contributed by atoms with van der Waals surface area (Å²) < 4.78 is 5.33. The average Bonchev–Trinajstić information content (AvgIpc) is 2.84. The van der Waals surface area contributed by atoms with Crippen molar-refractivity contribution >= 4 is 11.8 Å². The van der Waals surface area contributed by atoms with Crippen LogP contribution in [-0.2, 0) is 4.74 Å². The minimum Gasteiger partial charge on any atom is -0.379 e. The van der Waals surface area contributed by atoms with Gasteiger partial charge in [-0.15, -0.1) is 0 Å². The van der Waals surface area contributed by atoms with E-state index in [1.165, 1.54) is 4.90 Å². The second kappa shape index (κ2) is 3.67. The Balaban J connectivity index is 2.00. The molecular formula is C13H13NO3. The van der Waals surface area contributed by atoms with Crippen LogP contribution in [0.1, 0.15) is 27.6 Å². The van der Waals surface area contributed by atoms with E-state index in [1.807, 2.05) is 6.92 Å². The lowest BCUT2D eigenvalue weighted by Crippen LogP contribution is -2.43. The van der Waals surface area contributed by atoms with E-state index in [0.29, 0.717) is 24.3 Å². The van der Waals surface area contributed by atoms with E-state index < -0.39 is 0 Å². The highest BCUT2D eigenvalue weighted by atomic mass is 16.5. The normalized spacial score (nSPS) is 27.7. The van der Waals surface area contributed by atoms with Gasteiger partial charge in [-0.2, -0.15) is 0 Å². The molecule has 2 atom stereocenters. The van der Waals surface area contributed by atoms with Gasteiger partial charge in [-0.05, 0) is 12.1 Å². The molecule has 3 rings (SSSR count). The molecule has 2 aliphatic rings. The Bertz CT molecular complexity index is 462. The van der Waals surface area contributed by atoms with Crippen molar-refractivity contribution < 1.29 is 14.3 Å². The molecule has 0 saturated carbocycles. The third kappa shape index (κ3) is 1.41. The quantitative estimate of drug-likeness (QED) is 0.685. The van der Waals surface area contributed by atoms with Gasteiger partial charge in [-0.1, -0.05) is 19.1 Å². The lowest BCUT2D eigenvalue weighted by atomic mass is 10.1. The van der Waals surface area contributed by atoms with Gasteiger partial charge in [0, 0.05) is 5.92 Å². The number of hydrogen-bond donors (Lipinski definition) is 0. The van der Waals surface area contributed by atoms with Crippen LogP contribution in [0.15, 0.2) is 24.3 Å². The number of carbonyl (C=O) groups excluding carboxylic acids is 2. The number of ether oxygens (including phenoxy) is 1. The first kappa shape index (κ1) is 10.5. The molecule has 1 saturated heterocycles. The zero-order valence-corrected chi connectivity index (χ0v) is 9.55. The predicted molar refractivity (Wildman–Crippen MR) is 60.7 cm³/mol. The summed E-state index contributed by atoms with van der Waals surface area (Å²) >= 11 is 0. The highest BCUT2D eigenvalue weighted by molar-refractivity contribution is 6.21. The van der Waals surface area contributed by atoms with Crippen LogP contribution in [0.3, 0.4) is 0 Å². The predicted octanol–water partition coefficient (Wildman–Crippen LogP) is 1.32. The molecule has 0 aliphatic carbocycles. The minimum atomic E-state index is -0.187. The smallest absolute Gasteiger partial charge is 0.261 e. The first-order valence-electron chi connectivity index (χ1n) is 5.75. The number of rotatable bonds is 1. The van der Waals surface area contributed by atoms with Gasteiger partial charge in [0.25, 0.3) is 11.8 Å². The number of nitrogens with zero attached hydrogens (tertiary/aromatic N) is 1. The zero-order valence-electron chi connectivity index (χ0n) is 9.55. The van der Waals surface area contributed by atoms with Crippen LogP contribution in [0, 0.1) is 5.92 Å². The molecule has 2 amide bonds. The van der Waals surface area contributed by atoms with Crippen LogP contribution in [0.5, 0.6) is 0 Å². The van der Waals surface area contributed by atoms with Crippen molar-refractivity contribution in [1.29, 1.82) is 0 Å². The lowest BCUT2D eigenvalue weighted by molar-refractivity contribution is 0.0547. The maximum absolute atomic E-state index is 12.2. The van der Waals surface area contributed by atoms with Crippen molar-refractivity contribution in [3.8, 4) is 0 Å². The largest absolute Gasteiger partial charge is 0.379 e. The first-order chi connectivity index (χ1) is 8.20. The molecule has 1 aromatic rings. The summed E-state index contributed by atoms with van der Waals surface area (Å²) in [6.07, 6.45) is 0. The second-order valence-electron chi connectivity index (χ2n) is 4.61. The molecule has 0 radical (unpaired) electrons. The van der Waals surface area contributed by atoms with Crippen molar-refractivity contribution in [3.63, 3.8) is 0 Å². The Labute approximate surface area is 99.2 Å². The third-order valence-electron chi connectivity index (χ3n) is 3.48. The van der Waals surface area contributed by atoms with E-state index in [1.54, 1.807) is 24.3 Å². The van der Waals surface area contributed by atoms with Gasteiger partial charge in [0.05, 0.1) is 30.4 Å². The zero-order chi connectivity index (χ0) is 12.0. The SMILES string of the molecule is C[C@H]1COC[C@H]1N1C(=O)c2ccccc2C1=O. The van der Waals surface area contributed by atoms with Crippen molar-refractivity contribution in [3.05, 3.63) is 35.4 Å². The van der Waals surface area contributed by atoms with Crippen molar-refractivity contribution in [2.45, 2.75) is 13.0 Å². The standard InChI is InChI=1S/C13H13NO3/c1-8-6-17-7-11(8)14-12(15)9-4-2-3-5-10(9)13(14)16/h2-5,8,11H,6-7H2,1H3/t8-,11+/m0/s1. The minimum absolute atomic E-state index is 0.123. The number of imide groups is 1. The molecule has 88 valence electrons. The highest BCUT2D eigenvalue weighted by Crippen LogP contribution is 2.29. The summed E-state index contributed by atoms with van der Waals surface area (Å²) in [5.74, 6) is -0.168. The fourth-order valence-electron chi connectivity index (χ4n) is 2.49. The van der Waals surface area contributed by atoms with Gasteiger partial charge in [-0.3, -0.25) is 14.5 Å². The van der Waals surface area contributed by atoms with E-state index in [0.717, 1.165) is 0 Å². The fraction of sp³-hybridized carbons (Fsp3) is 0.385. The second-order valence-corrected chi connectivity index (χ2v) is 4.61. The van der Waals surface area contributed by atoms with Gasteiger partial charge < -0.3 is 4.74 Å². The summed E-state index contributed by atoms with van der Waals surface area (Å²) in [7, 11) is 0. The molecule has 2 aliphatic heterocycles. The molecule has 0 bridgehead atoms. The molecular weight excluding hydrogens is 218 g/mol. The molecule has 0 spiro atoms. The van der Waals surface area contributed by atoms with Gasteiger partial charge in [-0.25, -0.2) is 0 Å². The average molecular weight is 231 g/mol. The van der Waals surface area contributed by atoms with Crippen LogP contribution in [0.25, 0.3) is 0 Å². The van der Waals surface area contributed by atoms with Crippen molar-refractivity contribution in [1.82, 2.24) is 4.90 Å². The Morgan fingerprint density at radius 3 is 2.18 bits per heavy atom. The van der Waals surface area contributed by atoms with E-state index in [2.05, 4.69) is 0 Å². The summed E-state index contributed by atoms with van der Waals surface area (Å²) in [4.78, 5) is 25.7. The molecule has 4 nitrogen and oxygen atoms in total. The molecule has 1 fully saturated rings. The highest BCUT2D eigenvalue weighted by Gasteiger charge is 2.43. The molecule has 1 aromatic carbocycles. The molecule has 4 heteroatoms. The Morgan fingerprint density at radius 1 is 1.12 bits per heavy atom. The van der Waals surface area contributed by atoms with Gasteiger partial charge in [0.1, 0.15) is 0 Å². The first-order valence-corrected chi connectivity index (χ1v) is 5.75. The van der Waals surface area contributed by atoms with Gasteiger partial charge in [0.2, 0.25) is 0 Å². The summed E-state index contributed by atoms with van der Waals surface area (Å²) in [6, 6.07) is 6.85. The number of fused-ring (bicyclic) bond motifs is 1. The number of hydrogen-bond acceptors (Lipinski definition) is 3. The maximum atomic E-state index is 12.2. The van der Waals surface area contributed by atoms with Gasteiger partial charge in [0.15, 0.2) is 0 Å². The van der Waals surface area contributed by atoms with E-state index in [4.69, 9.17) is 4.74 Å². The van der Waals surface area contributed by atoms with Crippen LogP contribution in [-0.4, -0.2) is 36.0 Å². The number of amides is 2. The Kier molecular flexibility index (Phi) is 2.26. The Hall–Kier alpha value is -1.68. The van der Waals surface area contributed by atoms with Crippen LogP contribution >= 0.6 is 0 Å². The van der Waals surface area contributed by atoms with Crippen LogP contribution < -0.4 is 0 Å². The lowest BCUT2D eigenvalue weighted by Gasteiger charge is -2.23.